The number of nitrogens with one attached hydrogen (secondary N) is 1. The number of H-pyrrole nitrogens is 1. The Morgan fingerprint density at radius 2 is 2.09 bits per heavy atom. The van der Waals surface area contributed by atoms with Crippen molar-refractivity contribution in [3.63, 3.8) is 0 Å². The number of carboxylic acid groups (broad SMARTS) is 1. The number of nitrogens with zero attached hydrogens (tertiary/aromatic N) is 3. The largest absolute Gasteiger partial charge is 0.496 e. The van der Waals surface area contributed by atoms with Crippen molar-refractivity contribution < 1.29 is 14.6 Å². The normalized spacial score (nSPS) is 19.7. The number of aryl methyl sites for hydroxylation is 1. The smallest absolute Gasteiger partial charge is 0.354 e. The first-order valence-electron chi connectivity index (χ1n) is 11.6. The minimum atomic E-state index is -0.997. The molecule has 2 aliphatic rings. The van der Waals surface area contributed by atoms with Crippen LogP contribution in [0.1, 0.15) is 58.9 Å². The maximum Gasteiger partial charge on any atom is 0.354 e. The lowest BCUT2D eigenvalue weighted by Crippen LogP contribution is -2.38. The fourth-order valence-electron chi connectivity index (χ4n) is 5.49. The Balaban J connectivity index is 1.57. The summed E-state index contributed by atoms with van der Waals surface area (Å²) in [5, 5.41) is 10.7. The van der Waals surface area contributed by atoms with E-state index in [-0.39, 0.29) is 11.7 Å². The second-order valence-corrected chi connectivity index (χ2v) is 9.89. The summed E-state index contributed by atoms with van der Waals surface area (Å²) in [5.41, 5.74) is 5.13. The summed E-state index contributed by atoms with van der Waals surface area (Å²) in [4.78, 5) is 23.9. The van der Waals surface area contributed by atoms with Crippen LogP contribution < -0.4 is 9.64 Å². The lowest BCUT2D eigenvalue weighted by Gasteiger charge is -2.41. The van der Waals surface area contributed by atoms with Crippen molar-refractivity contribution >= 4 is 22.7 Å². The molecule has 1 aliphatic heterocycles. The maximum atomic E-state index is 11.6. The van der Waals surface area contributed by atoms with Gasteiger partial charge in [0.05, 0.1) is 7.11 Å². The zero-order chi connectivity index (χ0) is 23.3. The lowest BCUT2D eigenvalue weighted by molar-refractivity contribution is 0.0689. The first-order valence-corrected chi connectivity index (χ1v) is 11.6. The summed E-state index contributed by atoms with van der Waals surface area (Å²) in [5.74, 6) is 0.658. The fraction of sp³-hybridized carbons (Fsp3) is 0.462. The minimum absolute atomic E-state index is 0.0835. The Kier molecular flexibility index (Phi) is 5.32. The second kappa shape index (κ2) is 8.06. The molecule has 1 unspecified atom stereocenters. The predicted octanol–water partition coefficient (Wildman–Crippen LogP) is 4.76. The maximum absolute atomic E-state index is 11.6. The Labute approximate surface area is 194 Å². The molecule has 1 aromatic carbocycles. The summed E-state index contributed by atoms with van der Waals surface area (Å²) in [7, 11) is 5.61. The number of methoxy groups -OCH3 is 1. The van der Waals surface area contributed by atoms with Crippen molar-refractivity contribution in [2.24, 2.45) is 5.41 Å². The van der Waals surface area contributed by atoms with E-state index < -0.39 is 5.97 Å². The Bertz CT molecular complexity index is 1210. The van der Waals surface area contributed by atoms with Gasteiger partial charge in [-0.3, -0.25) is 4.90 Å². The van der Waals surface area contributed by atoms with Crippen molar-refractivity contribution in [1.82, 2.24) is 14.9 Å². The van der Waals surface area contributed by atoms with Crippen molar-refractivity contribution in [1.29, 1.82) is 0 Å². The third-order valence-electron chi connectivity index (χ3n) is 7.55. The number of benzene rings is 1. The summed E-state index contributed by atoms with van der Waals surface area (Å²) in [6.45, 7) is 3.87. The van der Waals surface area contributed by atoms with Crippen LogP contribution >= 0.6 is 0 Å². The van der Waals surface area contributed by atoms with Crippen LogP contribution in [0.4, 0.5) is 5.82 Å². The van der Waals surface area contributed by atoms with Gasteiger partial charge in [-0.1, -0.05) is 6.07 Å². The molecule has 2 fully saturated rings. The molecule has 7 nitrogen and oxygen atoms in total. The molecule has 0 bridgehead atoms. The number of aromatic amines is 1. The van der Waals surface area contributed by atoms with Crippen LogP contribution in [0.2, 0.25) is 0 Å². The zero-order valence-electron chi connectivity index (χ0n) is 19.8. The number of aromatic nitrogens is 2. The number of carboxylic acids is 1. The number of piperidine rings is 1. The van der Waals surface area contributed by atoms with Crippen LogP contribution in [0.3, 0.4) is 0 Å². The number of carbonyl (C=O) groups is 1. The van der Waals surface area contributed by atoms with Gasteiger partial charge in [0, 0.05) is 54.9 Å². The van der Waals surface area contributed by atoms with Gasteiger partial charge in [-0.15, -0.1) is 0 Å². The van der Waals surface area contributed by atoms with Gasteiger partial charge in [-0.2, -0.15) is 0 Å². The van der Waals surface area contributed by atoms with E-state index in [1.807, 2.05) is 31.3 Å². The van der Waals surface area contributed by atoms with Crippen molar-refractivity contribution in [2.75, 3.05) is 32.6 Å². The highest BCUT2D eigenvalue weighted by Crippen LogP contribution is 2.59. The average Bonchev–Trinajstić information content (AvgIpc) is 3.35. The summed E-state index contributed by atoms with van der Waals surface area (Å²) < 4.78 is 5.82. The number of rotatable bonds is 6. The second-order valence-electron chi connectivity index (χ2n) is 9.89. The third kappa shape index (κ3) is 3.84. The van der Waals surface area contributed by atoms with Crippen LogP contribution in [0, 0.1) is 12.3 Å². The number of fused-ring (bicyclic) bond motifs is 1. The van der Waals surface area contributed by atoms with Gasteiger partial charge in [0.25, 0.3) is 0 Å². The zero-order valence-corrected chi connectivity index (χ0v) is 19.8. The number of likely N-dealkylation sites (tertiary alicyclic amines) is 1. The Morgan fingerprint density at radius 1 is 1.30 bits per heavy atom. The molecule has 3 heterocycles. The van der Waals surface area contributed by atoms with E-state index in [4.69, 9.17) is 4.74 Å². The average molecular weight is 449 g/mol. The first kappa shape index (κ1) is 21.8. The molecule has 5 rings (SSSR count). The number of anilines is 1. The van der Waals surface area contributed by atoms with Crippen molar-refractivity contribution in [2.45, 2.75) is 45.2 Å². The topological polar surface area (TPSA) is 81.7 Å². The van der Waals surface area contributed by atoms with Gasteiger partial charge in [0.1, 0.15) is 11.6 Å². The molecule has 2 aromatic heterocycles. The molecule has 1 saturated heterocycles. The SMILES string of the molecule is COc1cc(C)c2[nH]ccc2c1CN1CCC2(CC2)CC1c1ccc(C(=O)O)nc1N(C)C. The van der Waals surface area contributed by atoms with E-state index in [2.05, 4.69) is 33.9 Å². The highest BCUT2D eigenvalue weighted by Gasteiger charge is 2.49. The van der Waals surface area contributed by atoms with Crippen LogP contribution in [0.15, 0.2) is 30.5 Å². The molecule has 174 valence electrons. The van der Waals surface area contributed by atoms with Gasteiger partial charge < -0.3 is 19.7 Å². The van der Waals surface area contributed by atoms with Crippen molar-refractivity contribution in [3.05, 3.63) is 52.8 Å². The molecule has 2 N–H and O–H groups in total. The minimum Gasteiger partial charge on any atom is -0.496 e. The van der Waals surface area contributed by atoms with Gasteiger partial charge in [0.2, 0.25) is 0 Å². The lowest BCUT2D eigenvalue weighted by atomic mass is 9.84. The molecule has 0 amide bonds. The van der Waals surface area contributed by atoms with Gasteiger partial charge in [0.15, 0.2) is 5.69 Å². The molecule has 1 aliphatic carbocycles. The molecular formula is C26H32N4O3. The van der Waals surface area contributed by atoms with E-state index in [9.17, 15) is 9.90 Å². The van der Waals surface area contributed by atoms with Gasteiger partial charge in [-0.05, 0) is 68.3 Å². The quantitative estimate of drug-likeness (QED) is 0.566. The van der Waals surface area contributed by atoms with Crippen LogP contribution in [-0.2, 0) is 6.54 Å². The first-order chi connectivity index (χ1) is 15.8. The molecule has 1 atom stereocenters. The number of pyridine rings is 1. The van der Waals surface area contributed by atoms with E-state index in [0.717, 1.165) is 42.2 Å². The molecule has 33 heavy (non-hydrogen) atoms. The summed E-state index contributed by atoms with van der Waals surface area (Å²) >= 11 is 0. The number of ether oxygens (including phenoxy) is 1. The molecule has 7 heteroatoms. The van der Waals surface area contributed by atoms with E-state index in [1.54, 1.807) is 13.2 Å². The predicted molar refractivity (Wildman–Crippen MR) is 129 cm³/mol. The summed E-state index contributed by atoms with van der Waals surface area (Å²) in [6.07, 6.45) is 6.83. The number of aromatic carboxylic acids is 1. The van der Waals surface area contributed by atoms with Crippen molar-refractivity contribution in [3.8, 4) is 5.75 Å². The number of hydrogen-bond acceptors (Lipinski definition) is 5. The monoisotopic (exact) mass is 448 g/mol. The van der Waals surface area contributed by atoms with Crippen LogP contribution in [-0.4, -0.2) is 53.7 Å². The Morgan fingerprint density at radius 3 is 2.76 bits per heavy atom. The summed E-state index contributed by atoms with van der Waals surface area (Å²) in [6, 6.07) is 8.05. The highest BCUT2D eigenvalue weighted by molar-refractivity contribution is 5.88. The van der Waals surface area contributed by atoms with E-state index in [1.165, 1.54) is 35.8 Å². The van der Waals surface area contributed by atoms with Gasteiger partial charge in [-0.25, -0.2) is 9.78 Å². The molecule has 1 spiro atoms. The Hall–Kier alpha value is -3.06. The van der Waals surface area contributed by atoms with Crippen LogP contribution in [0.25, 0.3) is 10.9 Å². The third-order valence-corrected chi connectivity index (χ3v) is 7.55. The van der Waals surface area contributed by atoms with Crippen LogP contribution in [0.5, 0.6) is 5.75 Å². The molecule has 0 radical (unpaired) electrons. The highest BCUT2D eigenvalue weighted by atomic mass is 16.5. The van der Waals surface area contributed by atoms with E-state index in [0.29, 0.717) is 5.41 Å². The number of hydrogen-bond donors (Lipinski definition) is 2. The molecule has 3 aromatic rings. The van der Waals surface area contributed by atoms with Gasteiger partial charge >= 0.3 is 5.97 Å². The van der Waals surface area contributed by atoms with E-state index >= 15 is 0 Å². The standard InChI is InChI=1S/C26H32N4O3/c1-16-13-22(33-4)19(17-7-11-27-23(16)17)15-30-12-10-26(8-9-26)14-21(30)18-5-6-20(25(31)32)28-24(18)29(2)3/h5-7,11,13,21,27H,8-10,12,14-15H2,1-4H3,(H,31,32). The fourth-order valence-corrected chi connectivity index (χ4v) is 5.49. The molecular weight excluding hydrogens is 416 g/mol. The molecule has 1 saturated carbocycles.